The van der Waals surface area contributed by atoms with Crippen molar-refractivity contribution in [1.82, 2.24) is 5.32 Å². The number of rotatable bonds is 7. The lowest BCUT2D eigenvalue weighted by Crippen LogP contribution is -2.31. The molecule has 1 N–H and O–H groups in total. The number of benzene rings is 3. The molecule has 0 bridgehead atoms. The van der Waals surface area contributed by atoms with Crippen LogP contribution in [0.3, 0.4) is 0 Å². The van der Waals surface area contributed by atoms with Crippen LogP contribution in [0.25, 0.3) is 6.08 Å². The zero-order valence-electron chi connectivity index (χ0n) is 18.6. The third-order valence-electron chi connectivity index (χ3n) is 5.25. The summed E-state index contributed by atoms with van der Waals surface area (Å²) in [5, 5.41) is 3.46. The molecule has 3 aromatic rings. The summed E-state index contributed by atoms with van der Waals surface area (Å²) in [6.07, 6.45) is 1.99. The van der Waals surface area contributed by atoms with Gasteiger partial charge in [0.05, 0.1) is 11.7 Å². The molecule has 1 aliphatic rings. The van der Waals surface area contributed by atoms with Gasteiger partial charge < -0.3 is 5.32 Å². The molecule has 4 rings (SSSR count). The molecule has 0 spiro atoms. The lowest BCUT2D eigenvalue weighted by Gasteiger charge is -2.18. The number of aliphatic imine (C=N–C) groups is 1. The molecule has 3 aromatic carbocycles. The van der Waals surface area contributed by atoms with Gasteiger partial charge in [-0.1, -0.05) is 72.4 Å². The minimum Gasteiger partial charge on any atom is -0.350 e. The van der Waals surface area contributed by atoms with E-state index in [0.717, 1.165) is 11.1 Å². The van der Waals surface area contributed by atoms with Crippen LogP contribution < -0.4 is 10.2 Å². The molecule has 2 amide bonds. The Labute approximate surface area is 202 Å². The summed E-state index contributed by atoms with van der Waals surface area (Å²) >= 11 is 1.32. The van der Waals surface area contributed by atoms with Crippen LogP contribution in [-0.2, 0) is 9.59 Å². The quantitative estimate of drug-likeness (QED) is 0.457. The Balaban J connectivity index is 1.46. The van der Waals surface area contributed by atoms with Gasteiger partial charge in [-0.15, -0.1) is 0 Å². The predicted molar refractivity (Wildman–Crippen MR) is 136 cm³/mol. The van der Waals surface area contributed by atoms with Crippen molar-refractivity contribution < 1.29 is 14.0 Å². The van der Waals surface area contributed by atoms with E-state index in [9.17, 15) is 14.0 Å². The van der Waals surface area contributed by atoms with Crippen molar-refractivity contribution in [1.29, 1.82) is 0 Å². The Morgan fingerprint density at radius 3 is 2.35 bits per heavy atom. The number of carbonyl (C=O) groups is 2. The fraction of sp³-hybridized carbons (Fsp3) is 0.148. The molecule has 1 aliphatic heterocycles. The van der Waals surface area contributed by atoms with Gasteiger partial charge >= 0.3 is 0 Å². The van der Waals surface area contributed by atoms with Crippen LogP contribution in [0.5, 0.6) is 0 Å². The zero-order chi connectivity index (χ0) is 23.9. The Kier molecular flexibility index (Phi) is 7.54. The average Bonchev–Trinajstić information content (AvgIpc) is 3.15. The average molecular weight is 474 g/mol. The fourth-order valence-corrected chi connectivity index (χ4v) is 4.44. The second kappa shape index (κ2) is 10.9. The Morgan fingerprint density at radius 1 is 1.03 bits per heavy atom. The highest BCUT2D eigenvalue weighted by Crippen LogP contribution is 2.30. The lowest BCUT2D eigenvalue weighted by molar-refractivity contribution is -0.121. The SMILES string of the molecule is C[C@@H](NC(=O)CCSC1=N/C(=C/c2ccccc2)C(=O)N1c1ccc(F)cc1)c1ccccc1. The highest BCUT2D eigenvalue weighted by molar-refractivity contribution is 8.14. The molecular weight excluding hydrogens is 449 g/mol. The maximum Gasteiger partial charge on any atom is 0.283 e. The van der Waals surface area contributed by atoms with Gasteiger partial charge in [0.15, 0.2) is 5.17 Å². The van der Waals surface area contributed by atoms with Gasteiger partial charge in [-0.2, -0.15) is 0 Å². The van der Waals surface area contributed by atoms with E-state index in [1.54, 1.807) is 18.2 Å². The first-order valence-electron chi connectivity index (χ1n) is 10.9. The van der Waals surface area contributed by atoms with Crippen molar-refractivity contribution >= 4 is 40.5 Å². The summed E-state index contributed by atoms with van der Waals surface area (Å²) in [5.74, 6) is -0.316. The number of amides is 2. The van der Waals surface area contributed by atoms with E-state index >= 15 is 0 Å². The number of anilines is 1. The highest BCUT2D eigenvalue weighted by Gasteiger charge is 2.32. The van der Waals surface area contributed by atoms with E-state index in [0.29, 0.717) is 22.3 Å². The third-order valence-corrected chi connectivity index (χ3v) is 6.20. The number of hydrogen-bond donors (Lipinski definition) is 1. The summed E-state index contributed by atoms with van der Waals surface area (Å²) in [6.45, 7) is 1.94. The molecule has 0 saturated carbocycles. The largest absolute Gasteiger partial charge is 0.350 e. The van der Waals surface area contributed by atoms with E-state index in [1.165, 1.54) is 28.8 Å². The summed E-state index contributed by atoms with van der Waals surface area (Å²) in [6, 6.07) is 24.8. The fourth-order valence-electron chi connectivity index (χ4n) is 3.49. The van der Waals surface area contributed by atoms with Gasteiger partial charge in [0.1, 0.15) is 11.5 Å². The van der Waals surface area contributed by atoms with Crippen LogP contribution in [0.2, 0.25) is 0 Å². The molecule has 7 heteroatoms. The number of halogens is 1. The molecule has 5 nitrogen and oxygen atoms in total. The molecule has 0 radical (unpaired) electrons. The topological polar surface area (TPSA) is 61.8 Å². The first-order valence-corrected chi connectivity index (χ1v) is 11.9. The van der Waals surface area contributed by atoms with Crippen molar-refractivity contribution in [3.8, 4) is 0 Å². The van der Waals surface area contributed by atoms with E-state index in [1.807, 2.05) is 67.6 Å². The number of thioether (sulfide) groups is 1. The Bertz CT molecular complexity index is 1210. The van der Waals surface area contributed by atoms with Crippen LogP contribution in [0, 0.1) is 5.82 Å². The minimum atomic E-state index is -0.384. The molecule has 0 aliphatic carbocycles. The number of nitrogens with zero attached hydrogens (tertiary/aromatic N) is 2. The Morgan fingerprint density at radius 2 is 1.68 bits per heavy atom. The monoisotopic (exact) mass is 473 g/mol. The molecule has 34 heavy (non-hydrogen) atoms. The van der Waals surface area contributed by atoms with Gasteiger partial charge in [0.2, 0.25) is 5.91 Å². The highest BCUT2D eigenvalue weighted by atomic mass is 32.2. The van der Waals surface area contributed by atoms with E-state index in [4.69, 9.17) is 0 Å². The third kappa shape index (κ3) is 5.80. The number of nitrogens with one attached hydrogen (secondary N) is 1. The second-order valence-electron chi connectivity index (χ2n) is 7.75. The summed E-state index contributed by atoms with van der Waals surface area (Å²) in [5.41, 5.74) is 2.71. The van der Waals surface area contributed by atoms with Crippen molar-refractivity contribution in [2.75, 3.05) is 10.7 Å². The number of amidine groups is 1. The first kappa shape index (κ1) is 23.4. The van der Waals surface area contributed by atoms with Crippen molar-refractivity contribution in [2.45, 2.75) is 19.4 Å². The Hall–Kier alpha value is -3.71. The minimum absolute atomic E-state index is 0.0813. The van der Waals surface area contributed by atoms with Crippen LogP contribution in [-0.4, -0.2) is 22.7 Å². The zero-order valence-corrected chi connectivity index (χ0v) is 19.5. The maximum absolute atomic E-state index is 13.5. The summed E-state index contributed by atoms with van der Waals surface area (Å²) in [4.78, 5) is 31.6. The smallest absolute Gasteiger partial charge is 0.283 e. The molecule has 1 atom stereocenters. The van der Waals surface area contributed by atoms with Gasteiger partial charge in [0.25, 0.3) is 5.91 Å². The van der Waals surface area contributed by atoms with Crippen molar-refractivity contribution in [2.24, 2.45) is 4.99 Å². The first-order chi connectivity index (χ1) is 16.5. The van der Waals surface area contributed by atoms with Crippen molar-refractivity contribution in [3.05, 3.63) is 108 Å². The van der Waals surface area contributed by atoms with E-state index < -0.39 is 0 Å². The molecule has 1 heterocycles. The van der Waals surface area contributed by atoms with Crippen LogP contribution in [0.1, 0.15) is 30.5 Å². The summed E-state index contributed by atoms with van der Waals surface area (Å²) in [7, 11) is 0. The maximum atomic E-state index is 13.5. The number of carbonyl (C=O) groups excluding carboxylic acids is 2. The molecule has 0 unspecified atom stereocenters. The second-order valence-corrected chi connectivity index (χ2v) is 8.81. The van der Waals surface area contributed by atoms with Gasteiger partial charge in [-0.3, -0.25) is 14.5 Å². The van der Waals surface area contributed by atoms with Crippen LogP contribution in [0.15, 0.2) is 95.6 Å². The predicted octanol–water partition coefficient (Wildman–Crippen LogP) is 5.57. The van der Waals surface area contributed by atoms with E-state index in [2.05, 4.69) is 10.3 Å². The molecular formula is C27H24FN3O2S. The molecule has 0 saturated heterocycles. The normalized spacial score (nSPS) is 15.4. The van der Waals surface area contributed by atoms with Crippen molar-refractivity contribution in [3.63, 3.8) is 0 Å². The number of hydrogen-bond acceptors (Lipinski definition) is 4. The van der Waals surface area contributed by atoms with Gasteiger partial charge in [-0.25, -0.2) is 9.38 Å². The van der Waals surface area contributed by atoms with Crippen LogP contribution >= 0.6 is 11.8 Å². The van der Waals surface area contributed by atoms with E-state index in [-0.39, 0.29) is 30.1 Å². The molecule has 0 aromatic heterocycles. The van der Waals surface area contributed by atoms with Gasteiger partial charge in [-0.05, 0) is 48.4 Å². The lowest BCUT2D eigenvalue weighted by atomic mass is 10.1. The standard InChI is InChI=1S/C27H24FN3O2S/c1-19(21-10-6-3-7-11-21)29-25(32)16-17-34-27-30-24(18-20-8-4-2-5-9-20)26(33)31(27)23-14-12-22(28)13-15-23/h2-15,18-19H,16-17H2,1H3,(H,29,32)/b24-18+/t19-/m1/s1. The summed E-state index contributed by atoms with van der Waals surface area (Å²) < 4.78 is 13.5. The van der Waals surface area contributed by atoms with Gasteiger partial charge in [0, 0.05) is 12.2 Å². The molecule has 172 valence electrons. The van der Waals surface area contributed by atoms with Crippen LogP contribution in [0.4, 0.5) is 10.1 Å². The molecule has 0 fully saturated rings.